The molecule has 0 spiro atoms. The topological polar surface area (TPSA) is 80.3 Å². The number of aliphatic carboxylic acids is 2. The minimum absolute atomic E-state index is 0.251. The van der Waals surface area contributed by atoms with Crippen LogP contribution in [0.2, 0.25) is 0 Å². The number of fused-ring (bicyclic) bond motifs is 2. The molecule has 3 fully saturated rings. The van der Waals surface area contributed by atoms with Crippen molar-refractivity contribution in [3.05, 3.63) is 0 Å². The molecule has 0 N–H and O–H groups in total. The lowest BCUT2D eigenvalue weighted by Crippen LogP contribution is -2.26. The molecule has 0 saturated heterocycles. The summed E-state index contributed by atoms with van der Waals surface area (Å²) in [5.74, 6) is -1.30. The third-order valence-corrected chi connectivity index (χ3v) is 4.87. The van der Waals surface area contributed by atoms with Crippen molar-refractivity contribution in [3.63, 3.8) is 0 Å². The molecule has 3 aliphatic rings. The first-order valence-electron chi connectivity index (χ1n) is 6.03. The Morgan fingerprint density at radius 3 is 1.12 bits per heavy atom. The molecule has 3 aliphatic carbocycles. The van der Waals surface area contributed by atoms with E-state index in [4.69, 9.17) is 0 Å². The van der Waals surface area contributed by atoms with Gasteiger partial charge in [-0.3, -0.25) is 0 Å². The van der Waals surface area contributed by atoms with Gasteiger partial charge >= 0.3 is 0 Å². The van der Waals surface area contributed by atoms with Gasteiger partial charge in [-0.2, -0.15) is 0 Å². The van der Waals surface area contributed by atoms with Gasteiger partial charge in [0.1, 0.15) is 0 Å². The van der Waals surface area contributed by atoms with Crippen LogP contribution in [0, 0.1) is 35.5 Å². The van der Waals surface area contributed by atoms with Crippen LogP contribution in [-0.4, -0.2) is 11.9 Å². The first-order chi connectivity index (χ1) is 7.61. The van der Waals surface area contributed by atoms with E-state index in [-0.39, 0.29) is 35.5 Å². The minimum Gasteiger partial charge on any atom is -0.550 e. The summed E-state index contributed by atoms with van der Waals surface area (Å²) in [5.41, 5.74) is 0. The van der Waals surface area contributed by atoms with E-state index >= 15 is 0 Å². The molecule has 0 aliphatic heterocycles. The van der Waals surface area contributed by atoms with E-state index in [1.807, 2.05) is 0 Å². The van der Waals surface area contributed by atoms with Gasteiger partial charge in [-0.25, -0.2) is 0 Å². The summed E-state index contributed by atoms with van der Waals surface area (Å²) in [6.07, 6.45) is 3.42. The maximum absolute atomic E-state index is 10.8. The lowest BCUT2D eigenvalue weighted by atomic mass is 10.0. The van der Waals surface area contributed by atoms with Crippen LogP contribution >= 0.6 is 0 Å². The molecular formula is C12H14O4-2. The molecule has 0 heterocycles. The van der Waals surface area contributed by atoms with E-state index in [2.05, 4.69) is 0 Å². The largest absolute Gasteiger partial charge is 0.550 e. The summed E-state index contributed by atoms with van der Waals surface area (Å²) in [6, 6.07) is 0. The predicted octanol–water partition coefficient (Wildman–Crippen LogP) is -1.22. The maximum Gasteiger partial charge on any atom is 0.0451 e. The van der Waals surface area contributed by atoms with Gasteiger partial charge in [0.15, 0.2) is 0 Å². The molecule has 4 nitrogen and oxygen atoms in total. The molecule has 3 saturated carbocycles. The second-order valence-corrected chi connectivity index (χ2v) is 5.50. The number of carboxylic acids is 2. The van der Waals surface area contributed by atoms with Gasteiger partial charge in [-0.05, 0) is 49.4 Å². The second kappa shape index (κ2) is 3.22. The zero-order chi connectivity index (χ0) is 11.4. The van der Waals surface area contributed by atoms with E-state index < -0.39 is 11.9 Å². The van der Waals surface area contributed by atoms with Crippen LogP contribution in [0.25, 0.3) is 0 Å². The van der Waals surface area contributed by atoms with Gasteiger partial charge in [-0.1, -0.05) is 0 Å². The number of rotatable bonds is 2. The average molecular weight is 222 g/mol. The van der Waals surface area contributed by atoms with Gasteiger partial charge in [0, 0.05) is 23.8 Å². The highest BCUT2D eigenvalue weighted by molar-refractivity contribution is 5.73. The molecule has 2 unspecified atom stereocenters. The molecule has 0 amide bonds. The van der Waals surface area contributed by atoms with Crippen LogP contribution in [0.15, 0.2) is 0 Å². The third kappa shape index (κ3) is 1.35. The Bertz CT molecular complexity index is 297. The SMILES string of the molecule is O=C([O-])C1[C@H]2CC[C@H]3C(C(=O)[O-])[C@@H]3CC[C@@H]12. The Hall–Kier alpha value is -1.06. The van der Waals surface area contributed by atoms with E-state index in [0.29, 0.717) is 0 Å². The summed E-state index contributed by atoms with van der Waals surface area (Å²) in [7, 11) is 0. The van der Waals surface area contributed by atoms with Crippen molar-refractivity contribution in [1.82, 2.24) is 0 Å². The van der Waals surface area contributed by atoms with Gasteiger partial charge in [0.25, 0.3) is 0 Å². The van der Waals surface area contributed by atoms with Crippen LogP contribution in [0.1, 0.15) is 25.7 Å². The highest BCUT2D eigenvalue weighted by Crippen LogP contribution is 2.61. The monoisotopic (exact) mass is 222 g/mol. The van der Waals surface area contributed by atoms with Crippen molar-refractivity contribution in [1.29, 1.82) is 0 Å². The highest BCUT2D eigenvalue weighted by atomic mass is 16.4. The Morgan fingerprint density at radius 2 is 0.938 bits per heavy atom. The van der Waals surface area contributed by atoms with Crippen molar-refractivity contribution in [3.8, 4) is 0 Å². The zero-order valence-electron chi connectivity index (χ0n) is 8.93. The van der Waals surface area contributed by atoms with Gasteiger partial charge < -0.3 is 19.8 Å². The molecule has 16 heavy (non-hydrogen) atoms. The van der Waals surface area contributed by atoms with Crippen molar-refractivity contribution < 1.29 is 19.8 Å². The summed E-state index contributed by atoms with van der Waals surface area (Å²) < 4.78 is 0. The van der Waals surface area contributed by atoms with Crippen molar-refractivity contribution in [2.45, 2.75) is 25.7 Å². The van der Waals surface area contributed by atoms with Crippen LogP contribution in [0.4, 0.5) is 0 Å². The fourth-order valence-corrected chi connectivity index (χ4v) is 3.93. The molecule has 6 atom stereocenters. The number of carbonyl (C=O) groups is 2. The first kappa shape index (κ1) is 10.1. The predicted molar refractivity (Wildman–Crippen MR) is 49.4 cm³/mol. The Kier molecular flexibility index (Phi) is 2.03. The Morgan fingerprint density at radius 1 is 0.688 bits per heavy atom. The standard InChI is InChI=1S/C12H16O4/c13-11(14)9-5-1-2-6-8(4-3-7(5)9)10(6)12(15)16/h5-10H,1-4H2,(H,13,14)(H,15,16)/p-2/t5-,6-,7-,8+,9?,10?/m1/s1. The average Bonchev–Trinajstić information content (AvgIpc) is 3.00. The summed E-state index contributed by atoms with van der Waals surface area (Å²) in [6.45, 7) is 0. The van der Waals surface area contributed by atoms with Crippen molar-refractivity contribution >= 4 is 11.9 Å². The second-order valence-electron chi connectivity index (χ2n) is 5.50. The van der Waals surface area contributed by atoms with E-state index in [1.54, 1.807) is 0 Å². The quantitative estimate of drug-likeness (QED) is 0.587. The summed E-state index contributed by atoms with van der Waals surface area (Å²) in [4.78, 5) is 21.6. The lowest BCUT2D eigenvalue weighted by Gasteiger charge is -2.04. The molecule has 0 aromatic rings. The zero-order valence-corrected chi connectivity index (χ0v) is 8.93. The molecule has 0 aromatic carbocycles. The fourth-order valence-electron chi connectivity index (χ4n) is 3.93. The van der Waals surface area contributed by atoms with Crippen LogP contribution < -0.4 is 10.2 Å². The molecule has 0 bridgehead atoms. The smallest absolute Gasteiger partial charge is 0.0451 e. The van der Waals surface area contributed by atoms with E-state index in [1.165, 1.54) is 0 Å². The van der Waals surface area contributed by atoms with Crippen molar-refractivity contribution in [2.24, 2.45) is 35.5 Å². The van der Waals surface area contributed by atoms with E-state index in [0.717, 1.165) is 25.7 Å². The number of carbonyl (C=O) groups excluding carboxylic acids is 2. The number of hydrogen-bond acceptors (Lipinski definition) is 4. The fraction of sp³-hybridized carbons (Fsp3) is 0.833. The van der Waals surface area contributed by atoms with Gasteiger partial charge in [0.2, 0.25) is 0 Å². The molecule has 3 rings (SSSR count). The van der Waals surface area contributed by atoms with E-state index in [9.17, 15) is 19.8 Å². The molecular weight excluding hydrogens is 208 g/mol. The molecule has 0 radical (unpaired) electrons. The molecule has 0 aromatic heterocycles. The summed E-state index contributed by atoms with van der Waals surface area (Å²) >= 11 is 0. The van der Waals surface area contributed by atoms with Crippen LogP contribution in [0.3, 0.4) is 0 Å². The Labute approximate surface area is 93.6 Å². The summed E-state index contributed by atoms with van der Waals surface area (Å²) in [5, 5.41) is 21.6. The van der Waals surface area contributed by atoms with Gasteiger partial charge in [-0.15, -0.1) is 0 Å². The van der Waals surface area contributed by atoms with Gasteiger partial charge in [0.05, 0.1) is 0 Å². The minimum atomic E-state index is -0.915. The maximum atomic E-state index is 10.8. The Balaban J connectivity index is 1.63. The van der Waals surface area contributed by atoms with Crippen molar-refractivity contribution in [2.75, 3.05) is 0 Å². The van der Waals surface area contributed by atoms with Crippen LogP contribution in [-0.2, 0) is 9.59 Å². The lowest BCUT2D eigenvalue weighted by molar-refractivity contribution is -0.310. The van der Waals surface area contributed by atoms with Crippen LogP contribution in [0.5, 0.6) is 0 Å². The third-order valence-electron chi connectivity index (χ3n) is 4.87. The number of carboxylic acid groups (broad SMARTS) is 2. The normalized spacial score (nSPS) is 49.2. The number of hydrogen-bond donors (Lipinski definition) is 0. The molecule has 4 heteroatoms. The highest BCUT2D eigenvalue weighted by Gasteiger charge is 2.57. The first-order valence-corrected chi connectivity index (χ1v) is 6.03. The molecule has 88 valence electrons.